The van der Waals surface area contributed by atoms with Gasteiger partial charge in [0.2, 0.25) is 0 Å². The summed E-state index contributed by atoms with van der Waals surface area (Å²) in [6.07, 6.45) is 48.7. The first kappa shape index (κ1) is 90.1. The summed E-state index contributed by atoms with van der Waals surface area (Å²) in [6.45, 7) is 11.8. The van der Waals surface area contributed by atoms with Gasteiger partial charge in [-0.25, -0.2) is 9.13 Å². The fourth-order valence-electron chi connectivity index (χ4n) is 11.0. The van der Waals surface area contributed by atoms with Crippen molar-refractivity contribution in [3.8, 4) is 0 Å². The molecule has 3 N–H and O–H groups in total. The molecular weight excluding hydrogens is 1210 g/mol. The van der Waals surface area contributed by atoms with Crippen LogP contribution in [0.3, 0.4) is 0 Å². The Morgan fingerprint density at radius 1 is 0.315 bits per heavy atom. The third kappa shape index (κ3) is 64.1. The van der Waals surface area contributed by atoms with Gasteiger partial charge in [-0.15, -0.1) is 0 Å². The summed E-state index contributed by atoms with van der Waals surface area (Å²) in [7, 11) is -9.91. The van der Waals surface area contributed by atoms with Gasteiger partial charge in [0.05, 0.1) is 26.4 Å². The van der Waals surface area contributed by atoms with E-state index < -0.39 is 97.5 Å². The van der Waals surface area contributed by atoms with Crippen LogP contribution in [-0.2, 0) is 65.4 Å². The molecule has 0 fully saturated rings. The molecule has 92 heavy (non-hydrogen) atoms. The molecule has 0 saturated heterocycles. The van der Waals surface area contributed by atoms with E-state index in [4.69, 9.17) is 37.0 Å². The van der Waals surface area contributed by atoms with Crippen LogP contribution >= 0.6 is 15.6 Å². The second-order valence-corrected chi connectivity index (χ2v) is 30.2. The van der Waals surface area contributed by atoms with E-state index in [0.29, 0.717) is 25.7 Å². The molecular formula is C73H142O17P2. The van der Waals surface area contributed by atoms with Gasteiger partial charge >= 0.3 is 39.5 Å². The van der Waals surface area contributed by atoms with Crippen molar-refractivity contribution in [2.24, 2.45) is 17.8 Å². The van der Waals surface area contributed by atoms with E-state index in [0.717, 1.165) is 114 Å². The first-order chi connectivity index (χ1) is 44.3. The summed E-state index contributed by atoms with van der Waals surface area (Å²) < 4.78 is 68.4. The highest BCUT2D eigenvalue weighted by Gasteiger charge is 2.30. The Balaban J connectivity index is 5.22. The van der Waals surface area contributed by atoms with E-state index in [9.17, 15) is 43.2 Å². The third-order valence-corrected chi connectivity index (χ3v) is 19.5. The lowest BCUT2D eigenvalue weighted by atomic mass is 9.99. The minimum atomic E-state index is -4.96. The SMILES string of the molecule is CCCCCCCCCCCCCCCCCCCCCC(=O)O[C@H](COC(=O)CCCCCCCCCCC(C)CC)COP(=O)(O)OC[C@@H](O)COP(=O)(O)OC[C@@H](COC(=O)CCCCCCCCC(C)CC)OC(=O)CCCCCCCCCCC(C)C. The predicted octanol–water partition coefficient (Wildman–Crippen LogP) is 21.0. The summed E-state index contributed by atoms with van der Waals surface area (Å²) in [5.41, 5.74) is 0. The molecule has 0 amide bonds. The Morgan fingerprint density at radius 2 is 0.554 bits per heavy atom. The molecule has 0 saturated carbocycles. The van der Waals surface area contributed by atoms with Crippen molar-refractivity contribution in [3.05, 3.63) is 0 Å². The quantitative estimate of drug-likeness (QED) is 0.0222. The monoisotopic (exact) mass is 1350 g/mol. The van der Waals surface area contributed by atoms with Crippen molar-refractivity contribution in [1.29, 1.82) is 0 Å². The first-order valence-electron chi connectivity index (χ1n) is 37.9. The molecule has 0 aliphatic carbocycles. The highest BCUT2D eigenvalue weighted by atomic mass is 31.2. The molecule has 0 rings (SSSR count). The molecule has 0 aliphatic rings. The van der Waals surface area contributed by atoms with Gasteiger partial charge in [-0.1, -0.05) is 318 Å². The number of esters is 4. The first-order valence-corrected chi connectivity index (χ1v) is 40.9. The molecule has 0 aliphatic heterocycles. The summed E-state index contributed by atoms with van der Waals surface area (Å²) in [6, 6.07) is 0. The summed E-state index contributed by atoms with van der Waals surface area (Å²) in [5, 5.41) is 10.6. The van der Waals surface area contributed by atoms with Crippen LogP contribution in [-0.4, -0.2) is 96.7 Å². The third-order valence-electron chi connectivity index (χ3n) is 17.6. The molecule has 0 heterocycles. The van der Waals surface area contributed by atoms with Crippen LogP contribution in [0.15, 0.2) is 0 Å². The Hall–Kier alpha value is -1.94. The molecule has 7 atom stereocenters. The van der Waals surface area contributed by atoms with Crippen LogP contribution in [0.5, 0.6) is 0 Å². The average Bonchev–Trinajstić information content (AvgIpc) is 2.33. The van der Waals surface area contributed by atoms with Crippen molar-refractivity contribution < 1.29 is 80.2 Å². The molecule has 0 aromatic rings. The molecule has 19 heteroatoms. The zero-order valence-electron chi connectivity index (χ0n) is 60.0. The van der Waals surface area contributed by atoms with Gasteiger partial charge in [0.25, 0.3) is 0 Å². The number of hydrogen-bond donors (Lipinski definition) is 3. The molecule has 0 radical (unpaired) electrons. The van der Waals surface area contributed by atoms with Gasteiger partial charge in [-0.05, 0) is 43.4 Å². The van der Waals surface area contributed by atoms with Crippen molar-refractivity contribution in [2.45, 2.75) is 388 Å². The summed E-state index contributed by atoms with van der Waals surface area (Å²) in [5.74, 6) is 0.101. The standard InChI is InChI=1S/C73H142O17P2/c1-8-11-12-13-14-15-16-17-18-19-20-21-22-23-24-25-33-42-49-56-72(77)89-68(60-83-70(75)54-47-40-32-29-27-31-38-45-52-65(6)9-2)62-87-91(79,80)85-58-67(74)59-86-92(81,82)88-63-69(61-84-71(76)55-48-41-36-35-39-46-53-66(7)10-3)90-73(78)57-50-43-34-28-26-30-37-44-51-64(4)5/h64-69,74H,8-63H2,1-7H3,(H,79,80)(H,81,82)/t65?,66?,67-,68-,69-/m1/s1. The number of carbonyl (C=O) groups is 4. The Morgan fingerprint density at radius 3 is 0.826 bits per heavy atom. The van der Waals surface area contributed by atoms with Gasteiger partial charge in [-0.2, -0.15) is 0 Å². The van der Waals surface area contributed by atoms with E-state index in [1.165, 1.54) is 173 Å². The maximum atomic E-state index is 13.1. The minimum Gasteiger partial charge on any atom is -0.462 e. The Labute approximate surface area is 562 Å². The van der Waals surface area contributed by atoms with Crippen molar-refractivity contribution in [1.82, 2.24) is 0 Å². The minimum absolute atomic E-state index is 0.103. The predicted molar refractivity (Wildman–Crippen MR) is 372 cm³/mol. The Kier molecular flexibility index (Phi) is 62.4. The lowest BCUT2D eigenvalue weighted by Crippen LogP contribution is -2.30. The molecule has 17 nitrogen and oxygen atoms in total. The maximum absolute atomic E-state index is 13.1. The molecule has 0 bridgehead atoms. The number of rotatable bonds is 71. The largest absolute Gasteiger partial charge is 0.472 e. The van der Waals surface area contributed by atoms with Crippen molar-refractivity contribution in [3.63, 3.8) is 0 Å². The van der Waals surface area contributed by atoms with Crippen LogP contribution in [0.1, 0.15) is 370 Å². The average molecular weight is 1350 g/mol. The van der Waals surface area contributed by atoms with E-state index in [1.807, 2.05) is 0 Å². The molecule has 0 aromatic carbocycles. The number of aliphatic hydroxyl groups excluding tert-OH is 1. The van der Waals surface area contributed by atoms with Crippen LogP contribution in [0.4, 0.5) is 0 Å². The Bertz CT molecular complexity index is 1810. The van der Waals surface area contributed by atoms with Gasteiger partial charge in [0, 0.05) is 25.7 Å². The van der Waals surface area contributed by atoms with E-state index in [2.05, 4.69) is 48.5 Å². The number of phosphoric ester groups is 2. The highest BCUT2D eigenvalue weighted by Crippen LogP contribution is 2.45. The summed E-state index contributed by atoms with van der Waals surface area (Å²) >= 11 is 0. The fourth-order valence-corrected chi connectivity index (χ4v) is 12.6. The smallest absolute Gasteiger partial charge is 0.462 e. The normalized spacial score (nSPS) is 14.7. The second kappa shape index (κ2) is 63.8. The number of ether oxygens (including phenoxy) is 4. The lowest BCUT2D eigenvalue weighted by molar-refractivity contribution is -0.161. The van der Waals surface area contributed by atoms with Crippen LogP contribution in [0.2, 0.25) is 0 Å². The highest BCUT2D eigenvalue weighted by molar-refractivity contribution is 7.47. The van der Waals surface area contributed by atoms with Gasteiger partial charge in [0.15, 0.2) is 12.2 Å². The zero-order valence-corrected chi connectivity index (χ0v) is 61.8. The molecule has 0 aromatic heterocycles. The van der Waals surface area contributed by atoms with E-state index in [-0.39, 0.29) is 25.7 Å². The molecule has 546 valence electrons. The van der Waals surface area contributed by atoms with E-state index in [1.54, 1.807) is 0 Å². The number of unbranched alkanes of at least 4 members (excludes halogenated alkanes) is 37. The number of aliphatic hydroxyl groups is 1. The molecule has 4 unspecified atom stereocenters. The second-order valence-electron chi connectivity index (χ2n) is 27.3. The van der Waals surface area contributed by atoms with Crippen LogP contribution in [0.25, 0.3) is 0 Å². The van der Waals surface area contributed by atoms with Gasteiger partial charge in [0.1, 0.15) is 19.3 Å². The zero-order chi connectivity index (χ0) is 68.0. The number of phosphoric acid groups is 2. The summed E-state index contributed by atoms with van der Waals surface area (Å²) in [4.78, 5) is 72.6. The van der Waals surface area contributed by atoms with E-state index >= 15 is 0 Å². The van der Waals surface area contributed by atoms with Crippen LogP contribution < -0.4 is 0 Å². The maximum Gasteiger partial charge on any atom is 0.472 e. The lowest BCUT2D eigenvalue weighted by Gasteiger charge is -2.21. The van der Waals surface area contributed by atoms with Crippen LogP contribution in [0, 0.1) is 17.8 Å². The van der Waals surface area contributed by atoms with Crippen molar-refractivity contribution in [2.75, 3.05) is 39.6 Å². The fraction of sp³-hybridized carbons (Fsp3) is 0.945. The van der Waals surface area contributed by atoms with Gasteiger partial charge < -0.3 is 33.8 Å². The number of carbonyl (C=O) groups excluding carboxylic acids is 4. The topological polar surface area (TPSA) is 237 Å². The van der Waals surface area contributed by atoms with Crippen molar-refractivity contribution >= 4 is 39.5 Å². The van der Waals surface area contributed by atoms with Gasteiger partial charge in [-0.3, -0.25) is 37.3 Å². The number of hydrogen-bond acceptors (Lipinski definition) is 15. The molecule has 0 spiro atoms.